The third-order valence-corrected chi connectivity index (χ3v) is 4.71. The molecule has 126 valence electrons. The van der Waals surface area contributed by atoms with Crippen LogP contribution in [0.25, 0.3) is 0 Å². The fraction of sp³-hybridized carbons (Fsp3) is 0.250. The van der Waals surface area contributed by atoms with E-state index in [1.807, 2.05) is 22.6 Å². The predicted molar refractivity (Wildman–Crippen MR) is 91.3 cm³/mol. The lowest BCUT2D eigenvalue weighted by atomic mass is 9.99. The summed E-state index contributed by atoms with van der Waals surface area (Å²) in [4.78, 5) is 7.93. The summed E-state index contributed by atoms with van der Waals surface area (Å²) >= 11 is 1.96. The number of aromatic nitrogens is 1. The number of rotatable bonds is 4. The van der Waals surface area contributed by atoms with E-state index in [1.165, 1.54) is 24.4 Å². The fourth-order valence-corrected chi connectivity index (χ4v) is 3.52. The van der Waals surface area contributed by atoms with Gasteiger partial charge in [-0.2, -0.15) is 0 Å². The number of hydrogen-bond acceptors (Lipinski definition) is 4. The van der Waals surface area contributed by atoms with Crippen LogP contribution in [-0.2, 0) is 14.7 Å². The van der Waals surface area contributed by atoms with Crippen molar-refractivity contribution >= 4 is 28.6 Å². The van der Waals surface area contributed by atoms with Crippen LogP contribution in [0.4, 0.5) is 13.2 Å². The highest BCUT2D eigenvalue weighted by Crippen LogP contribution is 2.35. The number of amidine groups is 1. The quantitative estimate of drug-likeness (QED) is 0.445. The van der Waals surface area contributed by atoms with Gasteiger partial charge in [-0.15, -0.1) is 0 Å². The van der Waals surface area contributed by atoms with E-state index < -0.39 is 21.0 Å². The monoisotopic (exact) mass is 447 g/mol. The molecule has 0 saturated heterocycles. The number of aliphatic imine (C=N–C) groups is 1. The van der Waals surface area contributed by atoms with E-state index in [9.17, 15) is 13.2 Å². The molecule has 0 aliphatic carbocycles. The minimum Gasteiger partial charge on any atom is -0.463 e. The Morgan fingerprint density at radius 2 is 2.08 bits per heavy atom. The zero-order valence-electron chi connectivity index (χ0n) is 12.4. The van der Waals surface area contributed by atoms with Crippen molar-refractivity contribution in [2.24, 2.45) is 4.99 Å². The van der Waals surface area contributed by atoms with Crippen molar-refractivity contribution < 1.29 is 17.9 Å². The highest BCUT2D eigenvalue weighted by Gasteiger charge is 2.35. The molecule has 1 unspecified atom stereocenters. The molecule has 1 N–H and O–H groups in total. The normalized spacial score (nSPS) is 16.2. The van der Waals surface area contributed by atoms with Crippen molar-refractivity contribution in [3.05, 3.63) is 65.2 Å². The van der Waals surface area contributed by atoms with Crippen LogP contribution in [0.2, 0.25) is 0 Å². The Balaban J connectivity index is 2.01. The van der Waals surface area contributed by atoms with Crippen LogP contribution < -0.4 is 5.32 Å². The second kappa shape index (κ2) is 6.96. The zero-order chi connectivity index (χ0) is 17.2. The highest BCUT2D eigenvalue weighted by molar-refractivity contribution is 14.1. The Kier molecular flexibility index (Phi) is 4.93. The van der Waals surface area contributed by atoms with Crippen LogP contribution in [0.1, 0.15) is 11.1 Å². The first-order valence-electron chi connectivity index (χ1n) is 7.16. The molecule has 1 aromatic carbocycles. The van der Waals surface area contributed by atoms with Gasteiger partial charge in [0.25, 0.3) is 6.02 Å². The first-order chi connectivity index (χ1) is 11.5. The molecular weight excluding hydrogens is 434 g/mol. The Morgan fingerprint density at radius 1 is 1.25 bits per heavy atom. The van der Waals surface area contributed by atoms with Crippen LogP contribution >= 0.6 is 22.6 Å². The molecule has 0 saturated carbocycles. The van der Waals surface area contributed by atoms with Gasteiger partial charge in [0.1, 0.15) is 16.0 Å². The maximum Gasteiger partial charge on any atom is 0.286 e. The molecule has 1 aliphatic rings. The van der Waals surface area contributed by atoms with Crippen LogP contribution in [0.5, 0.6) is 0 Å². The minimum atomic E-state index is -1.12. The van der Waals surface area contributed by atoms with Crippen molar-refractivity contribution in [2.45, 2.75) is 9.97 Å². The lowest BCUT2D eigenvalue weighted by molar-refractivity contribution is 0.321. The molecule has 1 aromatic heterocycles. The van der Waals surface area contributed by atoms with Crippen molar-refractivity contribution in [3.63, 3.8) is 0 Å². The molecule has 0 fully saturated rings. The Morgan fingerprint density at radius 3 is 2.79 bits per heavy atom. The summed E-state index contributed by atoms with van der Waals surface area (Å²) in [6.45, 7) is 0.907. The van der Waals surface area contributed by atoms with E-state index in [-0.39, 0.29) is 18.0 Å². The first-order valence-corrected chi connectivity index (χ1v) is 8.24. The Labute approximate surface area is 150 Å². The molecule has 8 heteroatoms. The van der Waals surface area contributed by atoms with Gasteiger partial charge >= 0.3 is 0 Å². The van der Waals surface area contributed by atoms with Gasteiger partial charge in [0, 0.05) is 18.2 Å². The summed E-state index contributed by atoms with van der Waals surface area (Å²) in [6, 6.07) is 5.49. The molecular formula is C16H13F3IN3O. The van der Waals surface area contributed by atoms with Gasteiger partial charge < -0.3 is 10.1 Å². The molecule has 2 heterocycles. The molecule has 2 aromatic rings. The summed E-state index contributed by atoms with van der Waals surface area (Å²) in [5.74, 6) is -2.43. The van der Waals surface area contributed by atoms with Crippen LogP contribution in [0.3, 0.4) is 0 Å². The molecule has 1 aliphatic heterocycles. The summed E-state index contributed by atoms with van der Waals surface area (Å²) in [5.41, 5.74) is 0.615. The summed E-state index contributed by atoms with van der Waals surface area (Å²) in [5, 5.41) is 3.00. The van der Waals surface area contributed by atoms with Gasteiger partial charge in [-0.3, -0.25) is 4.98 Å². The van der Waals surface area contributed by atoms with Gasteiger partial charge in [0.15, 0.2) is 11.6 Å². The van der Waals surface area contributed by atoms with E-state index in [0.717, 1.165) is 12.3 Å². The molecule has 4 nitrogen and oxygen atoms in total. The van der Waals surface area contributed by atoms with E-state index in [1.54, 1.807) is 0 Å². The molecule has 24 heavy (non-hydrogen) atoms. The number of halogens is 4. The fourth-order valence-electron chi connectivity index (χ4n) is 2.43. The largest absolute Gasteiger partial charge is 0.463 e. The van der Waals surface area contributed by atoms with Crippen molar-refractivity contribution in [1.29, 1.82) is 0 Å². The Bertz CT molecular complexity index is 787. The second-order valence-corrected chi connectivity index (χ2v) is 7.09. The topological polar surface area (TPSA) is 46.5 Å². The van der Waals surface area contributed by atoms with Crippen molar-refractivity contribution in [1.82, 2.24) is 10.3 Å². The number of alkyl halides is 1. The molecule has 3 rings (SSSR count). The number of nitrogens with one attached hydrogen (secondary N) is 1. The number of pyridine rings is 1. The standard InChI is InChI=1S/C16H13F3IN3O/c17-11-6-10(8-21-9-11)7-16(20,23-15-22-4-5-24-15)12-2-1-3-13(18)14(12)19/h1-3,6,8-9H,4-5,7H2,(H,22,23). The SMILES string of the molecule is Fc1cncc(CC(I)(NC2=NCCO2)c2cccc(F)c2F)c1. The average Bonchev–Trinajstić information content (AvgIpc) is 3.02. The lowest BCUT2D eigenvalue weighted by Crippen LogP contribution is -2.43. The molecule has 0 radical (unpaired) electrons. The molecule has 0 spiro atoms. The third-order valence-electron chi connectivity index (χ3n) is 3.48. The second-order valence-electron chi connectivity index (χ2n) is 5.25. The van der Waals surface area contributed by atoms with E-state index in [4.69, 9.17) is 4.74 Å². The summed E-state index contributed by atoms with van der Waals surface area (Å²) in [7, 11) is 0. The van der Waals surface area contributed by atoms with Gasteiger partial charge in [-0.05, 0) is 40.3 Å². The highest BCUT2D eigenvalue weighted by atomic mass is 127. The van der Waals surface area contributed by atoms with E-state index in [0.29, 0.717) is 18.7 Å². The predicted octanol–water partition coefficient (Wildman–Crippen LogP) is 3.31. The minimum absolute atomic E-state index is 0.0885. The van der Waals surface area contributed by atoms with Crippen LogP contribution in [0, 0.1) is 17.5 Å². The van der Waals surface area contributed by atoms with E-state index in [2.05, 4.69) is 15.3 Å². The van der Waals surface area contributed by atoms with Crippen molar-refractivity contribution in [3.8, 4) is 0 Å². The average molecular weight is 447 g/mol. The zero-order valence-corrected chi connectivity index (χ0v) is 14.6. The van der Waals surface area contributed by atoms with Crippen LogP contribution in [-0.4, -0.2) is 24.2 Å². The molecule has 1 atom stereocenters. The lowest BCUT2D eigenvalue weighted by Gasteiger charge is -2.30. The summed E-state index contributed by atoms with van der Waals surface area (Å²) < 4.78 is 45.7. The maximum absolute atomic E-state index is 14.4. The number of ether oxygens (including phenoxy) is 1. The molecule has 0 amide bonds. The maximum atomic E-state index is 14.4. The van der Waals surface area contributed by atoms with Gasteiger partial charge in [0.2, 0.25) is 0 Å². The van der Waals surface area contributed by atoms with Gasteiger partial charge in [-0.1, -0.05) is 12.1 Å². The van der Waals surface area contributed by atoms with E-state index >= 15 is 0 Å². The summed E-state index contributed by atoms with van der Waals surface area (Å²) in [6.07, 6.45) is 2.71. The molecule has 0 bridgehead atoms. The van der Waals surface area contributed by atoms with Crippen LogP contribution in [0.15, 0.2) is 41.7 Å². The third kappa shape index (κ3) is 3.63. The number of hydrogen-bond donors (Lipinski definition) is 1. The number of nitrogens with zero attached hydrogens (tertiary/aromatic N) is 2. The first kappa shape index (κ1) is 17.0. The van der Waals surface area contributed by atoms with Gasteiger partial charge in [0.05, 0.1) is 12.7 Å². The smallest absolute Gasteiger partial charge is 0.286 e. The number of benzene rings is 1. The Hall–Kier alpha value is -1.84. The van der Waals surface area contributed by atoms with Gasteiger partial charge in [-0.25, -0.2) is 18.2 Å². The van der Waals surface area contributed by atoms with Crippen molar-refractivity contribution in [2.75, 3.05) is 13.2 Å².